The molecule has 0 atom stereocenters. The Hall–Kier alpha value is -1.65. The van der Waals surface area contributed by atoms with E-state index in [2.05, 4.69) is 4.74 Å². The van der Waals surface area contributed by atoms with Gasteiger partial charge in [0.2, 0.25) is 5.82 Å². The zero-order valence-corrected chi connectivity index (χ0v) is 8.34. The van der Waals surface area contributed by atoms with Gasteiger partial charge in [0.05, 0.1) is 19.3 Å². The highest BCUT2D eigenvalue weighted by Gasteiger charge is 2.19. The van der Waals surface area contributed by atoms with Crippen molar-refractivity contribution in [3.8, 4) is 5.75 Å². The SMILES string of the molecule is CCOc1ccc(C(=O)OC)c(F)c1F. The number of esters is 1. The predicted molar refractivity (Wildman–Crippen MR) is 48.9 cm³/mol. The molecule has 3 nitrogen and oxygen atoms in total. The van der Waals surface area contributed by atoms with Crippen LogP contribution in [0.15, 0.2) is 12.1 Å². The summed E-state index contributed by atoms with van der Waals surface area (Å²) in [6.07, 6.45) is 0. The molecular formula is C10H10F2O3. The summed E-state index contributed by atoms with van der Waals surface area (Å²) in [4.78, 5) is 11.0. The zero-order chi connectivity index (χ0) is 11.4. The number of hydrogen-bond acceptors (Lipinski definition) is 3. The second kappa shape index (κ2) is 4.72. The number of carbonyl (C=O) groups excluding carboxylic acids is 1. The van der Waals surface area contributed by atoms with Gasteiger partial charge >= 0.3 is 5.97 Å². The molecule has 1 rings (SSSR count). The Morgan fingerprint density at radius 1 is 1.33 bits per heavy atom. The minimum absolute atomic E-state index is 0.216. The molecular weight excluding hydrogens is 206 g/mol. The fraction of sp³-hybridized carbons (Fsp3) is 0.300. The van der Waals surface area contributed by atoms with E-state index >= 15 is 0 Å². The Labute approximate surface area is 85.6 Å². The molecule has 0 saturated carbocycles. The van der Waals surface area contributed by atoms with Crippen molar-refractivity contribution in [3.05, 3.63) is 29.3 Å². The third-order valence-corrected chi connectivity index (χ3v) is 1.75. The molecule has 0 aromatic heterocycles. The number of methoxy groups -OCH3 is 1. The zero-order valence-electron chi connectivity index (χ0n) is 8.34. The van der Waals surface area contributed by atoms with Crippen LogP contribution in [0.1, 0.15) is 17.3 Å². The third-order valence-electron chi connectivity index (χ3n) is 1.75. The number of benzene rings is 1. The van der Waals surface area contributed by atoms with Crippen LogP contribution in [0.2, 0.25) is 0 Å². The molecule has 0 aliphatic heterocycles. The van der Waals surface area contributed by atoms with E-state index in [-0.39, 0.29) is 12.4 Å². The fourth-order valence-electron chi connectivity index (χ4n) is 1.07. The van der Waals surface area contributed by atoms with Gasteiger partial charge in [0.15, 0.2) is 11.6 Å². The first-order valence-electron chi connectivity index (χ1n) is 4.31. The van der Waals surface area contributed by atoms with Gasteiger partial charge in [-0.05, 0) is 19.1 Å². The Morgan fingerprint density at radius 3 is 2.53 bits per heavy atom. The minimum Gasteiger partial charge on any atom is -0.491 e. The number of rotatable bonds is 3. The molecule has 0 amide bonds. The van der Waals surface area contributed by atoms with Gasteiger partial charge in [-0.15, -0.1) is 0 Å². The lowest BCUT2D eigenvalue weighted by atomic mass is 10.2. The number of halogens is 2. The van der Waals surface area contributed by atoms with Crippen LogP contribution in [0.25, 0.3) is 0 Å². The van der Waals surface area contributed by atoms with Crippen LogP contribution in [-0.4, -0.2) is 19.7 Å². The summed E-state index contributed by atoms with van der Waals surface area (Å²) in [5.74, 6) is -3.58. The molecule has 82 valence electrons. The molecule has 0 radical (unpaired) electrons. The minimum atomic E-state index is -1.26. The molecule has 15 heavy (non-hydrogen) atoms. The lowest BCUT2D eigenvalue weighted by Gasteiger charge is -2.07. The highest BCUT2D eigenvalue weighted by atomic mass is 19.2. The van der Waals surface area contributed by atoms with Crippen LogP contribution in [0, 0.1) is 11.6 Å². The molecule has 1 aromatic rings. The Morgan fingerprint density at radius 2 is 2.00 bits per heavy atom. The van der Waals surface area contributed by atoms with E-state index in [0.717, 1.165) is 13.2 Å². The van der Waals surface area contributed by atoms with Crippen molar-refractivity contribution in [2.45, 2.75) is 6.92 Å². The van der Waals surface area contributed by atoms with Crippen LogP contribution < -0.4 is 4.74 Å². The van der Waals surface area contributed by atoms with Crippen molar-refractivity contribution < 1.29 is 23.0 Å². The van der Waals surface area contributed by atoms with Gasteiger partial charge in [-0.25, -0.2) is 9.18 Å². The second-order valence-corrected chi connectivity index (χ2v) is 2.66. The topological polar surface area (TPSA) is 35.5 Å². The summed E-state index contributed by atoms with van der Waals surface area (Å²) < 4.78 is 35.6. The largest absolute Gasteiger partial charge is 0.491 e. The summed E-state index contributed by atoms with van der Waals surface area (Å²) in [6.45, 7) is 1.86. The molecule has 0 spiro atoms. The van der Waals surface area contributed by atoms with Crippen molar-refractivity contribution in [1.82, 2.24) is 0 Å². The Balaban J connectivity index is 3.15. The van der Waals surface area contributed by atoms with Crippen molar-refractivity contribution >= 4 is 5.97 Å². The van der Waals surface area contributed by atoms with Crippen molar-refractivity contribution in [2.24, 2.45) is 0 Å². The fourth-order valence-corrected chi connectivity index (χ4v) is 1.07. The summed E-state index contributed by atoms with van der Waals surface area (Å²) in [5.41, 5.74) is -0.446. The van der Waals surface area contributed by atoms with Gasteiger partial charge in [0.1, 0.15) is 0 Å². The number of ether oxygens (including phenoxy) is 2. The van der Waals surface area contributed by atoms with Gasteiger partial charge in [-0.1, -0.05) is 0 Å². The molecule has 0 aliphatic rings. The van der Waals surface area contributed by atoms with E-state index in [1.165, 1.54) is 6.07 Å². The average Bonchev–Trinajstić information content (AvgIpc) is 2.24. The van der Waals surface area contributed by atoms with Crippen molar-refractivity contribution in [2.75, 3.05) is 13.7 Å². The quantitative estimate of drug-likeness (QED) is 0.726. The van der Waals surface area contributed by atoms with Gasteiger partial charge in [0, 0.05) is 0 Å². The van der Waals surface area contributed by atoms with Crippen LogP contribution in [-0.2, 0) is 4.74 Å². The van der Waals surface area contributed by atoms with Crippen LogP contribution >= 0.6 is 0 Å². The van der Waals surface area contributed by atoms with E-state index < -0.39 is 23.2 Å². The monoisotopic (exact) mass is 216 g/mol. The summed E-state index contributed by atoms with van der Waals surface area (Å²) in [5, 5.41) is 0. The first kappa shape index (κ1) is 11.4. The lowest BCUT2D eigenvalue weighted by Crippen LogP contribution is -2.07. The summed E-state index contributed by atoms with van der Waals surface area (Å²) in [7, 11) is 1.09. The van der Waals surface area contributed by atoms with Gasteiger partial charge in [-0.2, -0.15) is 4.39 Å². The molecule has 0 bridgehead atoms. The molecule has 0 heterocycles. The standard InChI is InChI=1S/C10H10F2O3/c1-3-15-7-5-4-6(10(13)14-2)8(11)9(7)12/h4-5H,3H2,1-2H3. The van der Waals surface area contributed by atoms with Gasteiger partial charge < -0.3 is 9.47 Å². The molecule has 0 saturated heterocycles. The average molecular weight is 216 g/mol. The maximum atomic E-state index is 13.3. The van der Waals surface area contributed by atoms with E-state index in [1.54, 1.807) is 6.92 Å². The third kappa shape index (κ3) is 2.23. The maximum absolute atomic E-state index is 13.3. The van der Waals surface area contributed by atoms with E-state index in [0.29, 0.717) is 0 Å². The van der Waals surface area contributed by atoms with Gasteiger partial charge in [0.25, 0.3) is 0 Å². The van der Waals surface area contributed by atoms with Crippen molar-refractivity contribution in [1.29, 1.82) is 0 Å². The number of hydrogen-bond donors (Lipinski definition) is 0. The molecule has 5 heteroatoms. The predicted octanol–water partition coefficient (Wildman–Crippen LogP) is 2.15. The van der Waals surface area contributed by atoms with Crippen LogP contribution in [0.5, 0.6) is 5.75 Å². The first-order valence-corrected chi connectivity index (χ1v) is 4.31. The van der Waals surface area contributed by atoms with E-state index in [9.17, 15) is 13.6 Å². The smallest absolute Gasteiger partial charge is 0.340 e. The molecule has 0 N–H and O–H groups in total. The van der Waals surface area contributed by atoms with E-state index in [1.807, 2.05) is 0 Å². The van der Waals surface area contributed by atoms with Crippen molar-refractivity contribution in [3.63, 3.8) is 0 Å². The highest BCUT2D eigenvalue weighted by molar-refractivity contribution is 5.89. The highest BCUT2D eigenvalue weighted by Crippen LogP contribution is 2.23. The molecule has 0 unspecified atom stereocenters. The second-order valence-electron chi connectivity index (χ2n) is 2.66. The molecule has 0 aliphatic carbocycles. The van der Waals surface area contributed by atoms with Crippen LogP contribution in [0.3, 0.4) is 0 Å². The van der Waals surface area contributed by atoms with E-state index in [4.69, 9.17) is 4.74 Å². The first-order chi connectivity index (χ1) is 7.11. The normalized spacial score (nSPS) is 9.87. The summed E-state index contributed by atoms with van der Waals surface area (Å²) >= 11 is 0. The van der Waals surface area contributed by atoms with Gasteiger partial charge in [-0.3, -0.25) is 0 Å². The molecule has 1 aromatic carbocycles. The lowest BCUT2D eigenvalue weighted by molar-refractivity contribution is 0.0594. The molecule has 0 fully saturated rings. The Kier molecular flexibility index (Phi) is 3.60. The Bertz CT molecular complexity index is 377. The number of carbonyl (C=O) groups is 1. The van der Waals surface area contributed by atoms with Crippen LogP contribution in [0.4, 0.5) is 8.78 Å². The maximum Gasteiger partial charge on any atom is 0.340 e. The summed E-state index contributed by atoms with van der Waals surface area (Å²) in [6, 6.07) is 2.31.